The van der Waals surface area contributed by atoms with Crippen molar-refractivity contribution >= 4 is 15.9 Å². The fourth-order valence-electron chi connectivity index (χ4n) is 1.15. The van der Waals surface area contributed by atoms with Crippen molar-refractivity contribution in [1.82, 2.24) is 0 Å². The maximum absolute atomic E-state index is 5.55. The van der Waals surface area contributed by atoms with Crippen LogP contribution in [0.2, 0.25) is 0 Å². The molecular formula is C12H17BrO3. The number of hydrogen-bond acceptors (Lipinski definition) is 3. The molecule has 0 heterocycles. The maximum Gasteiger partial charge on any atom is 0.120 e. The highest BCUT2D eigenvalue weighted by molar-refractivity contribution is 9.10. The average molecular weight is 289 g/mol. The number of methoxy groups -OCH3 is 1. The van der Waals surface area contributed by atoms with E-state index in [1.165, 1.54) is 0 Å². The summed E-state index contributed by atoms with van der Waals surface area (Å²) in [6.45, 7) is 2.67. The molecule has 0 aliphatic rings. The Bertz CT molecular complexity index is 291. The van der Waals surface area contributed by atoms with Crippen LogP contribution in [-0.4, -0.2) is 33.5 Å². The van der Waals surface area contributed by atoms with Gasteiger partial charge in [-0.05, 0) is 18.2 Å². The normalized spacial score (nSPS) is 10.4. The molecule has 0 aliphatic carbocycles. The van der Waals surface area contributed by atoms with Crippen LogP contribution in [0.3, 0.4) is 0 Å². The summed E-state index contributed by atoms with van der Waals surface area (Å²) in [5.41, 5.74) is 0. The molecule has 0 N–H and O–H groups in total. The van der Waals surface area contributed by atoms with Crippen LogP contribution in [0, 0.1) is 0 Å². The van der Waals surface area contributed by atoms with Gasteiger partial charge in [0.05, 0.1) is 19.8 Å². The van der Waals surface area contributed by atoms with E-state index in [2.05, 4.69) is 15.9 Å². The standard InChI is InChI=1S/C12H17BrO3/c1-14-8-9-15-6-3-7-16-12-5-2-4-11(13)10-12/h2,4-5,10H,3,6-9H2,1H3. The molecule has 0 amide bonds. The van der Waals surface area contributed by atoms with Crippen molar-refractivity contribution < 1.29 is 14.2 Å². The molecule has 90 valence electrons. The number of benzene rings is 1. The molecule has 0 aromatic heterocycles. The highest BCUT2D eigenvalue weighted by atomic mass is 79.9. The first-order chi connectivity index (χ1) is 7.83. The Balaban J connectivity index is 2.03. The van der Waals surface area contributed by atoms with E-state index in [1.807, 2.05) is 24.3 Å². The third kappa shape index (κ3) is 6.10. The van der Waals surface area contributed by atoms with E-state index < -0.39 is 0 Å². The van der Waals surface area contributed by atoms with E-state index >= 15 is 0 Å². The van der Waals surface area contributed by atoms with Crippen LogP contribution >= 0.6 is 15.9 Å². The van der Waals surface area contributed by atoms with Gasteiger partial charge >= 0.3 is 0 Å². The lowest BCUT2D eigenvalue weighted by Gasteiger charge is -2.06. The third-order valence-electron chi connectivity index (χ3n) is 1.93. The zero-order chi connectivity index (χ0) is 11.6. The second-order valence-electron chi connectivity index (χ2n) is 3.26. The summed E-state index contributed by atoms with van der Waals surface area (Å²) < 4.78 is 16.8. The summed E-state index contributed by atoms with van der Waals surface area (Å²) in [5.74, 6) is 0.881. The molecule has 1 aromatic rings. The van der Waals surface area contributed by atoms with Gasteiger partial charge in [0, 0.05) is 24.6 Å². The molecular weight excluding hydrogens is 272 g/mol. The third-order valence-corrected chi connectivity index (χ3v) is 2.42. The molecule has 0 saturated heterocycles. The van der Waals surface area contributed by atoms with E-state index in [0.29, 0.717) is 26.4 Å². The van der Waals surface area contributed by atoms with E-state index in [9.17, 15) is 0 Å². The fourth-order valence-corrected chi connectivity index (χ4v) is 1.53. The number of rotatable bonds is 8. The Labute approximate surface area is 105 Å². The SMILES string of the molecule is COCCOCCCOc1cccc(Br)c1. The van der Waals surface area contributed by atoms with E-state index in [4.69, 9.17) is 14.2 Å². The second kappa shape index (κ2) is 8.56. The fraction of sp³-hybridized carbons (Fsp3) is 0.500. The lowest BCUT2D eigenvalue weighted by atomic mass is 10.3. The molecule has 0 spiro atoms. The molecule has 0 saturated carbocycles. The number of halogens is 1. The summed E-state index contributed by atoms with van der Waals surface area (Å²) in [6, 6.07) is 7.82. The van der Waals surface area contributed by atoms with Gasteiger partial charge in [0.15, 0.2) is 0 Å². The van der Waals surface area contributed by atoms with Crippen LogP contribution in [0.1, 0.15) is 6.42 Å². The zero-order valence-electron chi connectivity index (χ0n) is 9.45. The molecule has 0 unspecified atom stereocenters. The quantitative estimate of drug-likeness (QED) is 0.689. The first-order valence-electron chi connectivity index (χ1n) is 5.28. The Hall–Kier alpha value is -0.580. The highest BCUT2D eigenvalue weighted by Crippen LogP contribution is 2.17. The van der Waals surface area contributed by atoms with Crippen molar-refractivity contribution in [3.63, 3.8) is 0 Å². The Kier molecular flexibility index (Phi) is 7.21. The van der Waals surface area contributed by atoms with Crippen molar-refractivity contribution in [2.75, 3.05) is 33.5 Å². The summed E-state index contributed by atoms with van der Waals surface area (Å²) in [7, 11) is 1.67. The molecule has 0 fully saturated rings. The van der Waals surface area contributed by atoms with E-state index in [1.54, 1.807) is 7.11 Å². The summed E-state index contributed by atoms with van der Waals surface area (Å²) in [6.07, 6.45) is 0.885. The van der Waals surface area contributed by atoms with Crippen LogP contribution in [0.5, 0.6) is 5.75 Å². The summed E-state index contributed by atoms with van der Waals surface area (Å²) in [5, 5.41) is 0. The van der Waals surface area contributed by atoms with Crippen molar-refractivity contribution in [2.45, 2.75) is 6.42 Å². The topological polar surface area (TPSA) is 27.7 Å². The van der Waals surface area contributed by atoms with Gasteiger partial charge in [0.2, 0.25) is 0 Å². The molecule has 16 heavy (non-hydrogen) atoms. The van der Waals surface area contributed by atoms with Gasteiger partial charge in [0.1, 0.15) is 5.75 Å². The minimum Gasteiger partial charge on any atom is -0.493 e. The summed E-state index contributed by atoms with van der Waals surface area (Å²) in [4.78, 5) is 0. The van der Waals surface area contributed by atoms with Crippen molar-refractivity contribution in [3.05, 3.63) is 28.7 Å². The van der Waals surface area contributed by atoms with Crippen molar-refractivity contribution in [2.24, 2.45) is 0 Å². The second-order valence-corrected chi connectivity index (χ2v) is 4.18. The van der Waals surface area contributed by atoms with Gasteiger partial charge < -0.3 is 14.2 Å². The minimum absolute atomic E-state index is 0.645. The molecule has 3 nitrogen and oxygen atoms in total. The Morgan fingerprint density at radius 1 is 1.12 bits per heavy atom. The number of ether oxygens (including phenoxy) is 3. The molecule has 1 aromatic carbocycles. The minimum atomic E-state index is 0.645. The van der Waals surface area contributed by atoms with Crippen LogP contribution in [0.15, 0.2) is 28.7 Å². The van der Waals surface area contributed by atoms with Gasteiger partial charge in [-0.15, -0.1) is 0 Å². The van der Waals surface area contributed by atoms with Gasteiger partial charge in [0.25, 0.3) is 0 Å². The zero-order valence-corrected chi connectivity index (χ0v) is 11.0. The lowest BCUT2D eigenvalue weighted by molar-refractivity contribution is 0.0644. The number of hydrogen-bond donors (Lipinski definition) is 0. The molecule has 0 radical (unpaired) electrons. The predicted octanol–water partition coefficient (Wildman–Crippen LogP) is 2.88. The first-order valence-corrected chi connectivity index (χ1v) is 6.07. The molecule has 0 bridgehead atoms. The maximum atomic E-state index is 5.55. The smallest absolute Gasteiger partial charge is 0.120 e. The summed E-state index contributed by atoms with van der Waals surface area (Å²) >= 11 is 3.39. The van der Waals surface area contributed by atoms with Crippen LogP contribution < -0.4 is 4.74 Å². The molecule has 0 atom stereocenters. The molecule has 1 rings (SSSR count). The predicted molar refractivity (Wildman–Crippen MR) is 66.9 cm³/mol. The largest absolute Gasteiger partial charge is 0.493 e. The van der Waals surface area contributed by atoms with Gasteiger partial charge in [-0.1, -0.05) is 22.0 Å². The van der Waals surface area contributed by atoms with Crippen molar-refractivity contribution in [3.8, 4) is 5.75 Å². The highest BCUT2D eigenvalue weighted by Gasteiger charge is 1.94. The average Bonchev–Trinajstić information content (AvgIpc) is 2.28. The van der Waals surface area contributed by atoms with Crippen molar-refractivity contribution in [1.29, 1.82) is 0 Å². The van der Waals surface area contributed by atoms with Crippen LogP contribution in [0.25, 0.3) is 0 Å². The van der Waals surface area contributed by atoms with Crippen LogP contribution in [-0.2, 0) is 9.47 Å². The van der Waals surface area contributed by atoms with Gasteiger partial charge in [-0.2, -0.15) is 0 Å². The van der Waals surface area contributed by atoms with E-state index in [0.717, 1.165) is 16.6 Å². The van der Waals surface area contributed by atoms with Gasteiger partial charge in [-0.3, -0.25) is 0 Å². The monoisotopic (exact) mass is 288 g/mol. The Morgan fingerprint density at radius 3 is 2.75 bits per heavy atom. The first kappa shape index (κ1) is 13.5. The van der Waals surface area contributed by atoms with Crippen LogP contribution in [0.4, 0.5) is 0 Å². The van der Waals surface area contributed by atoms with E-state index in [-0.39, 0.29) is 0 Å². The molecule has 4 heteroatoms. The Morgan fingerprint density at radius 2 is 2.00 bits per heavy atom. The molecule has 0 aliphatic heterocycles. The van der Waals surface area contributed by atoms with Gasteiger partial charge in [-0.25, -0.2) is 0 Å². The lowest BCUT2D eigenvalue weighted by Crippen LogP contribution is -2.06.